The first-order valence-electron chi connectivity index (χ1n) is 9.19. The molecule has 29 heavy (non-hydrogen) atoms. The summed E-state index contributed by atoms with van der Waals surface area (Å²) < 4.78 is 0. The Balaban J connectivity index is 0.00000140. The highest BCUT2D eigenvalue weighted by atomic mass is 35.5. The van der Waals surface area contributed by atoms with E-state index in [-0.39, 0.29) is 49.2 Å². The predicted octanol–water partition coefficient (Wildman–Crippen LogP) is 1.60. The van der Waals surface area contributed by atoms with Crippen LogP contribution in [-0.2, 0) is 4.79 Å². The maximum Gasteiger partial charge on any atom is 0.240 e. The van der Waals surface area contributed by atoms with Crippen molar-refractivity contribution in [3.63, 3.8) is 0 Å². The molecule has 4 heterocycles. The summed E-state index contributed by atoms with van der Waals surface area (Å²) in [6.07, 6.45) is 2.55. The molecule has 162 valence electrons. The van der Waals surface area contributed by atoms with Crippen LogP contribution in [0.15, 0.2) is 18.3 Å². The van der Waals surface area contributed by atoms with Crippen LogP contribution in [0.5, 0.6) is 0 Å². The molecular formula is C18H27Cl3N6OS. The van der Waals surface area contributed by atoms with Gasteiger partial charge >= 0.3 is 0 Å². The number of piperazine rings is 1. The summed E-state index contributed by atoms with van der Waals surface area (Å²) in [7, 11) is 0. The molecule has 0 radical (unpaired) electrons. The number of halogens is 3. The van der Waals surface area contributed by atoms with E-state index in [1.807, 2.05) is 28.8 Å². The minimum absolute atomic E-state index is 0. The van der Waals surface area contributed by atoms with Crippen molar-refractivity contribution in [3.05, 3.63) is 23.9 Å². The van der Waals surface area contributed by atoms with Crippen LogP contribution in [0, 0.1) is 11.3 Å². The number of hydrogen-bond donors (Lipinski definition) is 1. The van der Waals surface area contributed by atoms with Crippen molar-refractivity contribution < 1.29 is 4.79 Å². The van der Waals surface area contributed by atoms with E-state index in [9.17, 15) is 4.79 Å². The minimum Gasteiger partial charge on any atom is -0.354 e. The number of anilines is 1. The van der Waals surface area contributed by atoms with Crippen LogP contribution in [-0.4, -0.2) is 83.7 Å². The first-order chi connectivity index (χ1) is 12.7. The van der Waals surface area contributed by atoms with Crippen LogP contribution >= 0.6 is 49.0 Å². The van der Waals surface area contributed by atoms with E-state index in [4.69, 9.17) is 5.26 Å². The Morgan fingerprint density at radius 2 is 1.93 bits per heavy atom. The van der Waals surface area contributed by atoms with Crippen LogP contribution < -0.4 is 10.2 Å². The Bertz CT molecular complexity index is 690. The first kappa shape index (κ1) is 26.1. The molecule has 3 fully saturated rings. The number of aromatic nitrogens is 1. The van der Waals surface area contributed by atoms with E-state index in [1.165, 1.54) is 0 Å². The van der Waals surface area contributed by atoms with Crippen LogP contribution in [0.4, 0.5) is 5.82 Å². The second-order valence-corrected chi connectivity index (χ2v) is 8.10. The van der Waals surface area contributed by atoms with Gasteiger partial charge in [0.15, 0.2) is 0 Å². The molecule has 0 spiro atoms. The van der Waals surface area contributed by atoms with Crippen molar-refractivity contribution in [1.29, 1.82) is 5.26 Å². The summed E-state index contributed by atoms with van der Waals surface area (Å²) in [6.45, 7) is 5.60. The summed E-state index contributed by atoms with van der Waals surface area (Å²) in [5, 5.41) is 12.3. The van der Waals surface area contributed by atoms with Gasteiger partial charge in [0.1, 0.15) is 11.9 Å². The Morgan fingerprint density at radius 3 is 2.52 bits per heavy atom. The lowest BCUT2D eigenvalue weighted by Crippen LogP contribution is -2.51. The van der Waals surface area contributed by atoms with Gasteiger partial charge in [-0.25, -0.2) is 4.98 Å². The highest BCUT2D eigenvalue weighted by Crippen LogP contribution is 2.22. The fraction of sp³-hybridized carbons (Fsp3) is 0.611. The van der Waals surface area contributed by atoms with E-state index in [0.717, 1.165) is 63.1 Å². The second kappa shape index (κ2) is 12.0. The maximum absolute atomic E-state index is 12.6. The van der Waals surface area contributed by atoms with Gasteiger partial charge in [-0.15, -0.1) is 49.0 Å². The number of rotatable bonds is 3. The summed E-state index contributed by atoms with van der Waals surface area (Å²) in [4.78, 5) is 23.7. The number of amides is 1. The molecule has 0 saturated carbocycles. The predicted molar refractivity (Wildman–Crippen MR) is 124 cm³/mol. The van der Waals surface area contributed by atoms with Gasteiger partial charge in [-0.3, -0.25) is 9.69 Å². The number of nitriles is 1. The molecule has 0 aromatic carbocycles. The number of carbonyl (C=O) groups is 1. The van der Waals surface area contributed by atoms with Crippen LogP contribution in [0.25, 0.3) is 0 Å². The number of pyridine rings is 1. The van der Waals surface area contributed by atoms with E-state index in [2.05, 4.69) is 26.2 Å². The fourth-order valence-electron chi connectivity index (χ4n) is 3.95. The fourth-order valence-corrected chi connectivity index (χ4v) is 4.90. The van der Waals surface area contributed by atoms with Gasteiger partial charge in [-0.2, -0.15) is 5.26 Å². The van der Waals surface area contributed by atoms with E-state index in [1.54, 1.807) is 6.20 Å². The number of hydrogen-bond acceptors (Lipinski definition) is 7. The van der Waals surface area contributed by atoms with Crippen molar-refractivity contribution in [2.24, 2.45) is 0 Å². The van der Waals surface area contributed by atoms with Gasteiger partial charge in [0.05, 0.1) is 17.5 Å². The van der Waals surface area contributed by atoms with Crippen molar-refractivity contribution >= 4 is 60.7 Å². The first-order valence-corrected chi connectivity index (χ1v) is 10.3. The average Bonchev–Trinajstić information content (AvgIpc) is 3.40. The third-order valence-corrected chi connectivity index (χ3v) is 6.47. The van der Waals surface area contributed by atoms with E-state index in [0.29, 0.717) is 11.6 Å². The molecule has 3 saturated heterocycles. The zero-order valence-electron chi connectivity index (χ0n) is 16.0. The molecule has 0 bridgehead atoms. The average molecular weight is 482 g/mol. The molecular weight excluding hydrogens is 455 g/mol. The Kier molecular flexibility index (Phi) is 10.8. The Hall–Kier alpha value is -0.950. The third kappa shape index (κ3) is 6.03. The summed E-state index contributed by atoms with van der Waals surface area (Å²) in [6, 6.07) is 6.28. The lowest BCUT2D eigenvalue weighted by Gasteiger charge is -2.38. The van der Waals surface area contributed by atoms with Gasteiger partial charge in [-0.05, 0) is 18.6 Å². The quantitative estimate of drug-likeness (QED) is 0.703. The lowest BCUT2D eigenvalue weighted by atomic mass is 10.1. The zero-order chi connectivity index (χ0) is 17.9. The normalized spacial score (nSPS) is 24.1. The molecule has 2 atom stereocenters. The molecule has 1 amide bonds. The van der Waals surface area contributed by atoms with Crippen molar-refractivity contribution in [2.45, 2.75) is 18.5 Å². The van der Waals surface area contributed by atoms with E-state index >= 15 is 0 Å². The molecule has 0 unspecified atom stereocenters. The molecule has 7 nitrogen and oxygen atoms in total. The molecule has 0 aliphatic carbocycles. The van der Waals surface area contributed by atoms with Crippen LogP contribution in [0.3, 0.4) is 0 Å². The standard InChI is InChI=1S/C18H24N6OS.3ClH/c19-10-14-1-2-17(21-11-14)23-5-3-22(4-6-23)15-9-16(20-12-15)18(25)24-7-8-26-13-24;;;/h1-2,11,15-16,20H,3-9,12-13H2;3*1H/t15-,16+;;;/m1.../s1. The monoisotopic (exact) mass is 480 g/mol. The van der Waals surface area contributed by atoms with Gasteiger partial charge in [-0.1, -0.05) is 0 Å². The number of nitrogens with zero attached hydrogens (tertiary/aromatic N) is 5. The molecule has 11 heteroatoms. The maximum atomic E-state index is 12.6. The molecule has 3 aliphatic heterocycles. The van der Waals surface area contributed by atoms with Gasteiger partial charge in [0.2, 0.25) is 5.91 Å². The molecule has 1 aromatic rings. The van der Waals surface area contributed by atoms with Gasteiger partial charge in [0.25, 0.3) is 0 Å². The Labute approximate surface area is 194 Å². The zero-order valence-corrected chi connectivity index (χ0v) is 19.3. The number of thioether (sulfide) groups is 1. The second-order valence-electron chi connectivity index (χ2n) is 7.03. The largest absolute Gasteiger partial charge is 0.354 e. The number of carbonyl (C=O) groups excluding carboxylic acids is 1. The van der Waals surface area contributed by atoms with Crippen molar-refractivity contribution in [1.82, 2.24) is 20.1 Å². The smallest absolute Gasteiger partial charge is 0.240 e. The van der Waals surface area contributed by atoms with Crippen LogP contribution in [0.1, 0.15) is 12.0 Å². The molecule has 4 rings (SSSR count). The minimum atomic E-state index is -0.0167. The van der Waals surface area contributed by atoms with Crippen molar-refractivity contribution in [2.75, 3.05) is 55.8 Å². The summed E-state index contributed by atoms with van der Waals surface area (Å²) in [5.74, 6) is 3.12. The van der Waals surface area contributed by atoms with E-state index < -0.39 is 0 Å². The third-order valence-electron chi connectivity index (χ3n) is 5.50. The summed E-state index contributed by atoms with van der Waals surface area (Å²) >= 11 is 1.84. The Morgan fingerprint density at radius 1 is 1.17 bits per heavy atom. The van der Waals surface area contributed by atoms with Crippen LogP contribution in [0.2, 0.25) is 0 Å². The van der Waals surface area contributed by atoms with Crippen molar-refractivity contribution in [3.8, 4) is 6.07 Å². The topological polar surface area (TPSA) is 75.5 Å². The molecule has 1 aromatic heterocycles. The number of nitrogens with one attached hydrogen (secondary N) is 1. The van der Waals surface area contributed by atoms with Gasteiger partial charge < -0.3 is 15.1 Å². The highest BCUT2D eigenvalue weighted by molar-refractivity contribution is 7.99. The highest BCUT2D eigenvalue weighted by Gasteiger charge is 2.36. The molecule has 3 aliphatic rings. The summed E-state index contributed by atoms with van der Waals surface area (Å²) in [5.41, 5.74) is 0.594. The SMILES string of the molecule is Cl.Cl.Cl.N#Cc1ccc(N2CCN([C@H]3CN[C@H](C(=O)N4CCSC4)C3)CC2)nc1. The lowest BCUT2D eigenvalue weighted by molar-refractivity contribution is -0.131. The van der Waals surface area contributed by atoms with Gasteiger partial charge in [0, 0.05) is 57.3 Å². The molecule has 1 N–H and O–H groups in total.